The van der Waals surface area contributed by atoms with Crippen molar-refractivity contribution >= 4 is 22.6 Å². The zero-order chi connectivity index (χ0) is 19.1. The van der Waals surface area contributed by atoms with Crippen LogP contribution in [-0.4, -0.2) is 23.0 Å². The number of amides is 1. The van der Waals surface area contributed by atoms with Crippen LogP contribution in [0.25, 0.3) is 11.0 Å². The number of carbonyl (C=O) groups is 1. The fourth-order valence-electron chi connectivity index (χ4n) is 3.02. The minimum Gasteiger partial charge on any atom is -0.494 e. The number of anilines is 1. The lowest BCUT2D eigenvalue weighted by Gasteiger charge is -2.09. The summed E-state index contributed by atoms with van der Waals surface area (Å²) in [6, 6.07) is 4.42. The molecule has 140 valence electrons. The number of aromatic amines is 1. The predicted molar refractivity (Wildman–Crippen MR) is 93.3 cm³/mol. The molecule has 1 amide bonds. The van der Waals surface area contributed by atoms with E-state index in [4.69, 9.17) is 4.74 Å². The summed E-state index contributed by atoms with van der Waals surface area (Å²) in [4.78, 5) is 20.1. The van der Waals surface area contributed by atoms with Gasteiger partial charge in [0.1, 0.15) is 28.6 Å². The van der Waals surface area contributed by atoms with Crippen LogP contribution >= 0.6 is 0 Å². The maximum absolute atomic E-state index is 13.7. The van der Waals surface area contributed by atoms with Crippen LogP contribution < -0.4 is 10.1 Å². The van der Waals surface area contributed by atoms with Crippen molar-refractivity contribution in [3.05, 3.63) is 53.1 Å². The molecule has 27 heavy (non-hydrogen) atoms. The molecule has 4 rings (SSSR count). The first-order valence-corrected chi connectivity index (χ1v) is 8.46. The Bertz CT molecular complexity index is 1020. The lowest BCUT2D eigenvalue weighted by Crippen LogP contribution is -2.17. The van der Waals surface area contributed by atoms with Gasteiger partial charge in [-0.25, -0.2) is 18.2 Å². The largest absolute Gasteiger partial charge is 0.494 e. The molecule has 0 saturated heterocycles. The van der Waals surface area contributed by atoms with Gasteiger partial charge in [-0.05, 0) is 24.5 Å². The summed E-state index contributed by atoms with van der Waals surface area (Å²) in [6.07, 6.45) is 1.97. The van der Waals surface area contributed by atoms with Gasteiger partial charge in [-0.15, -0.1) is 0 Å². The summed E-state index contributed by atoms with van der Waals surface area (Å²) in [5.74, 6) is -2.21. The Balaban J connectivity index is 1.62. The van der Waals surface area contributed by atoms with Gasteiger partial charge in [0, 0.05) is 18.1 Å². The molecule has 5 nitrogen and oxygen atoms in total. The van der Waals surface area contributed by atoms with E-state index in [-0.39, 0.29) is 6.42 Å². The number of nitrogens with one attached hydrogen (secondary N) is 2. The van der Waals surface area contributed by atoms with Crippen LogP contribution in [0.3, 0.4) is 0 Å². The van der Waals surface area contributed by atoms with Crippen molar-refractivity contribution in [2.24, 2.45) is 0 Å². The van der Waals surface area contributed by atoms with Crippen LogP contribution in [0.5, 0.6) is 5.75 Å². The van der Waals surface area contributed by atoms with Crippen molar-refractivity contribution in [2.75, 3.05) is 12.4 Å². The number of rotatable bonds is 5. The Labute approximate surface area is 152 Å². The standard InChI is InChI=1S/C19H16F3N3O2/c1-27-14-5-4-10(16-18(14)25-19(24-16)9-2-3-9)6-15(26)23-17-12(21)7-11(20)8-13(17)22/h4-5,7-9H,2-3,6H2,1H3,(H,23,26)(H,24,25). The van der Waals surface area contributed by atoms with Crippen molar-refractivity contribution in [2.45, 2.75) is 25.2 Å². The molecule has 8 heteroatoms. The quantitative estimate of drug-likeness (QED) is 0.707. The van der Waals surface area contributed by atoms with E-state index in [9.17, 15) is 18.0 Å². The number of carbonyl (C=O) groups excluding carboxylic acids is 1. The van der Waals surface area contributed by atoms with E-state index in [1.165, 1.54) is 0 Å². The first-order valence-electron chi connectivity index (χ1n) is 8.46. The molecule has 0 aliphatic heterocycles. The summed E-state index contributed by atoms with van der Waals surface area (Å²) >= 11 is 0. The minimum atomic E-state index is -1.17. The Hall–Kier alpha value is -3.03. The SMILES string of the molecule is COc1ccc(CC(=O)Nc2c(F)cc(F)cc2F)c2nc(C3CC3)[nH]c12. The van der Waals surface area contributed by atoms with Crippen LogP contribution in [0, 0.1) is 17.5 Å². The van der Waals surface area contributed by atoms with Gasteiger partial charge in [0.15, 0.2) is 11.6 Å². The highest BCUT2D eigenvalue weighted by atomic mass is 19.1. The molecule has 1 aromatic heterocycles. The van der Waals surface area contributed by atoms with Gasteiger partial charge in [-0.2, -0.15) is 0 Å². The zero-order valence-electron chi connectivity index (χ0n) is 14.4. The summed E-state index contributed by atoms with van der Waals surface area (Å²) in [5, 5.41) is 2.16. The molecular weight excluding hydrogens is 359 g/mol. The predicted octanol–water partition coefficient (Wildman–Crippen LogP) is 4.05. The second-order valence-corrected chi connectivity index (χ2v) is 6.52. The highest BCUT2D eigenvalue weighted by Crippen LogP contribution is 2.40. The lowest BCUT2D eigenvalue weighted by atomic mass is 10.1. The third-order valence-corrected chi connectivity index (χ3v) is 4.51. The Kier molecular flexibility index (Phi) is 4.25. The fraction of sp³-hybridized carbons (Fsp3) is 0.263. The number of benzene rings is 2. The molecule has 1 aliphatic carbocycles. The normalized spacial score (nSPS) is 13.8. The van der Waals surface area contributed by atoms with Gasteiger partial charge in [0.25, 0.3) is 0 Å². The maximum atomic E-state index is 13.7. The van der Waals surface area contributed by atoms with Crippen molar-refractivity contribution in [1.29, 1.82) is 0 Å². The number of aromatic nitrogens is 2. The van der Waals surface area contributed by atoms with Gasteiger partial charge >= 0.3 is 0 Å². The Morgan fingerprint density at radius 2 is 1.96 bits per heavy atom. The number of hydrogen-bond donors (Lipinski definition) is 2. The van der Waals surface area contributed by atoms with E-state index in [0.29, 0.717) is 40.4 Å². The number of methoxy groups -OCH3 is 1. The van der Waals surface area contributed by atoms with Crippen molar-refractivity contribution in [1.82, 2.24) is 9.97 Å². The number of hydrogen-bond acceptors (Lipinski definition) is 3. The third-order valence-electron chi connectivity index (χ3n) is 4.51. The second kappa shape index (κ2) is 6.61. The first kappa shape index (κ1) is 17.4. The first-order chi connectivity index (χ1) is 13.0. The molecule has 2 N–H and O–H groups in total. The average molecular weight is 375 g/mol. The van der Waals surface area contributed by atoms with Crippen LogP contribution in [0.2, 0.25) is 0 Å². The van der Waals surface area contributed by atoms with Gasteiger partial charge in [-0.3, -0.25) is 4.79 Å². The van der Waals surface area contributed by atoms with Crippen molar-refractivity contribution < 1.29 is 22.7 Å². The van der Waals surface area contributed by atoms with E-state index in [0.717, 1.165) is 18.7 Å². The Morgan fingerprint density at radius 1 is 1.26 bits per heavy atom. The molecule has 1 heterocycles. The highest BCUT2D eigenvalue weighted by Gasteiger charge is 2.28. The summed E-state index contributed by atoms with van der Waals surface area (Å²) < 4.78 is 45.8. The van der Waals surface area contributed by atoms with E-state index < -0.39 is 29.0 Å². The molecule has 0 bridgehead atoms. The highest BCUT2D eigenvalue weighted by molar-refractivity contribution is 5.96. The second-order valence-electron chi connectivity index (χ2n) is 6.52. The number of H-pyrrole nitrogens is 1. The van der Waals surface area contributed by atoms with E-state index in [2.05, 4.69) is 15.3 Å². The average Bonchev–Trinajstić information content (AvgIpc) is 3.37. The molecule has 0 atom stereocenters. The third kappa shape index (κ3) is 3.34. The molecule has 0 spiro atoms. The van der Waals surface area contributed by atoms with Crippen LogP contribution in [0.1, 0.15) is 30.1 Å². The molecule has 1 aliphatic rings. The number of fused-ring (bicyclic) bond motifs is 1. The smallest absolute Gasteiger partial charge is 0.229 e. The molecule has 1 fully saturated rings. The maximum Gasteiger partial charge on any atom is 0.229 e. The summed E-state index contributed by atoms with van der Waals surface area (Å²) in [7, 11) is 1.54. The number of imidazole rings is 1. The van der Waals surface area contributed by atoms with Gasteiger partial charge in [-0.1, -0.05) is 6.07 Å². The van der Waals surface area contributed by atoms with Crippen LogP contribution in [0.4, 0.5) is 18.9 Å². The number of ether oxygens (including phenoxy) is 1. The number of halogens is 3. The summed E-state index contributed by atoms with van der Waals surface area (Å²) in [5.41, 5.74) is 1.19. The van der Waals surface area contributed by atoms with Gasteiger partial charge < -0.3 is 15.0 Å². The molecule has 0 unspecified atom stereocenters. The van der Waals surface area contributed by atoms with Crippen LogP contribution in [0.15, 0.2) is 24.3 Å². The number of nitrogens with zero attached hydrogens (tertiary/aromatic N) is 1. The molecule has 0 radical (unpaired) electrons. The minimum absolute atomic E-state index is 0.147. The zero-order valence-corrected chi connectivity index (χ0v) is 14.4. The van der Waals surface area contributed by atoms with Crippen LogP contribution in [-0.2, 0) is 11.2 Å². The topological polar surface area (TPSA) is 67.0 Å². The van der Waals surface area contributed by atoms with Crippen molar-refractivity contribution in [3.63, 3.8) is 0 Å². The van der Waals surface area contributed by atoms with Crippen molar-refractivity contribution in [3.8, 4) is 5.75 Å². The summed E-state index contributed by atoms with van der Waals surface area (Å²) in [6.45, 7) is 0. The lowest BCUT2D eigenvalue weighted by molar-refractivity contribution is -0.115. The van der Waals surface area contributed by atoms with Gasteiger partial charge in [0.2, 0.25) is 5.91 Å². The Morgan fingerprint density at radius 3 is 2.59 bits per heavy atom. The van der Waals surface area contributed by atoms with E-state index >= 15 is 0 Å². The molecule has 2 aromatic carbocycles. The molecular formula is C19H16F3N3O2. The monoisotopic (exact) mass is 375 g/mol. The molecule has 3 aromatic rings. The van der Waals surface area contributed by atoms with Gasteiger partial charge in [0.05, 0.1) is 19.0 Å². The fourth-order valence-corrected chi connectivity index (χ4v) is 3.02. The van der Waals surface area contributed by atoms with E-state index in [1.54, 1.807) is 19.2 Å². The van der Waals surface area contributed by atoms with E-state index in [1.807, 2.05) is 0 Å². The molecule has 1 saturated carbocycles.